The van der Waals surface area contributed by atoms with Crippen LogP contribution in [0.2, 0.25) is 0 Å². The maximum absolute atomic E-state index is 6.60. The normalized spacial score (nSPS) is 13.9. The van der Waals surface area contributed by atoms with E-state index in [1.807, 2.05) is 18.2 Å². The molecule has 0 saturated carbocycles. The molecule has 0 bridgehead atoms. The van der Waals surface area contributed by atoms with Crippen LogP contribution in [0, 0.1) is 0 Å². The Kier molecular flexibility index (Phi) is 8.92. The van der Waals surface area contributed by atoms with Gasteiger partial charge in [0.25, 0.3) is 0 Å². The van der Waals surface area contributed by atoms with Gasteiger partial charge in [-0.3, -0.25) is 4.57 Å². The van der Waals surface area contributed by atoms with Crippen LogP contribution < -0.4 is 0 Å². The van der Waals surface area contributed by atoms with Gasteiger partial charge < -0.3 is 8.98 Å². The van der Waals surface area contributed by atoms with Crippen LogP contribution in [0.4, 0.5) is 0 Å². The van der Waals surface area contributed by atoms with E-state index in [4.69, 9.17) is 19.4 Å². The van der Waals surface area contributed by atoms with Gasteiger partial charge >= 0.3 is 0 Å². The molecule has 0 radical (unpaired) electrons. The molecule has 1 atom stereocenters. The third-order valence-corrected chi connectivity index (χ3v) is 13.9. The van der Waals surface area contributed by atoms with Gasteiger partial charge in [0.05, 0.1) is 27.8 Å². The van der Waals surface area contributed by atoms with Gasteiger partial charge in [-0.2, -0.15) is 9.97 Å². The smallest absolute Gasteiger partial charge is 0.238 e. The standard InChI is InChI=1S/C63H41N5O/c1-3-15-40(16-4-1)42-29-33-44(34-30-42)61-64-62(45-35-31-43(32-36-45)41-17-5-2-6-18-41)66-63(65-61)68-54-25-11-8-21-51(54)59-47(22-13-26-56(59)68)46-37-38-55-52(39-46)48-19-7-10-24-53(48)67(55)57-27-14-23-50-49-20-9-12-28-58(49)69-60(50)57/h1-35,37-39,45H,36H2. The third-order valence-electron chi connectivity index (χ3n) is 13.9. The first-order valence-electron chi connectivity index (χ1n) is 23.5. The van der Waals surface area contributed by atoms with Crippen molar-refractivity contribution >= 4 is 71.1 Å². The largest absolute Gasteiger partial charge is 0.454 e. The van der Waals surface area contributed by atoms with Crippen LogP contribution in [0.3, 0.4) is 0 Å². The summed E-state index contributed by atoms with van der Waals surface area (Å²) in [7, 11) is 0. The summed E-state index contributed by atoms with van der Waals surface area (Å²) >= 11 is 0. The Morgan fingerprint density at radius 3 is 1.86 bits per heavy atom. The molecular weight excluding hydrogens is 843 g/mol. The first kappa shape index (κ1) is 39.1. The van der Waals surface area contributed by atoms with Gasteiger partial charge in [0, 0.05) is 43.8 Å². The monoisotopic (exact) mass is 883 g/mol. The van der Waals surface area contributed by atoms with Gasteiger partial charge in [0.15, 0.2) is 11.4 Å². The van der Waals surface area contributed by atoms with Crippen LogP contribution in [0.5, 0.6) is 0 Å². The lowest BCUT2D eigenvalue weighted by atomic mass is 9.92. The molecule has 0 aliphatic heterocycles. The Balaban J connectivity index is 0.935. The van der Waals surface area contributed by atoms with E-state index >= 15 is 0 Å². The minimum atomic E-state index is -0.0297. The second-order valence-electron chi connectivity index (χ2n) is 17.9. The van der Waals surface area contributed by atoms with Crippen molar-refractivity contribution in [2.45, 2.75) is 12.3 Å². The molecule has 6 heteroatoms. The van der Waals surface area contributed by atoms with Crippen molar-refractivity contribution in [3.05, 3.63) is 242 Å². The van der Waals surface area contributed by atoms with Crippen molar-refractivity contribution in [1.29, 1.82) is 0 Å². The molecule has 0 saturated heterocycles. The minimum Gasteiger partial charge on any atom is -0.454 e. The van der Waals surface area contributed by atoms with E-state index < -0.39 is 0 Å². The predicted octanol–water partition coefficient (Wildman–Crippen LogP) is 16.1. The first-order valence-corrected chi connectivity index (χ1v) is 23.5. The number of hydrogen-bond acceptors (Lipinski definition) is 4. The Morgan fingerprint density at radius 1 is 0.435 bits per heavy atom. The molecule has 14 rings (SSSR count). The van der Waals surface area contributed by atoms with Crippen LogP contribution >= 0.6 is 0 Å². The molecule has 13 aromatic rings. The van der Waals surface area contributed by atoms with Gasteiger partial charge in [0.2, 0.25) is 5.95 Å². The number of furan rings is 1. The lowest BCUT2D eigenvalue weighted by molar-refractivity contribution is 0.666. The SMILES string of the molecule is C1=CC(c2nc(-c3ccc(-c4ccccc4)cc3)nc(-n3c4ccccc4c4c(-c5ccc6c(c5)c5ccccc5n6-c5cccc6c5oc5ccccc56)cccc43)n2)CC=C1c1ccccc1. The third kappa shape index (κ3) is 6.37. The highest BCUT2D eigenvalue weighted by molar-refractivity contribution is 6.18. The number of benzene rings is 9. The fourth-order valence-electron chi connectivity index (χ4n) is 10.7. The fraction of sp³-hybridized carbons (Fsp3) is 0.0317. The second kappa shape index (κ2) is 15.8. The van der Waals surface area contributed by atoms with E-state index in [9.17, 15) is 0 Å². The molecule has 0 amide bonds. The average molecular weight is 884 g/mol. The van der Waals surface area contributed by atoms with Gasteiger partial charge in [0.1, 0.15) is 11.4 Å². The summed E-state index contributed by atoms with van der Waals surface area (Å²) in [5.41, 5.74) is 15.0. The summed E-state index contributed by atoms with van der Waals surface area (Å²) in [6.45, 7) is 0. The van der Waals surface area contributed by atoms with Crippen LogP contribution in [0.25, 0.3) is 116 Å². The minimum absolute atomic E-state index is 0.0297. The summed E-state index contributed by atoms with van der Waals surface area (Å²) in [4.78, 5) is 16.0. The highest BCUT2D eigenvalue weighted by Crippen LogP contribution is 2.43. The lowest BCUT2D eigenvalue weighted by Crippen LogP contribution is -2.11. The van der Waals surface area contributed by atoms with Crippen LogP contribution in [-0.4, -0.2) is 24.1 Å². The van der Waals surface area contributed by atoms with Crippen LogP contribution in [-0.2, 0) is 0 Å². The van der Waals surface area contributed by atoms with Crippen molar-refractivity contribution in [1.82, 2.24) is 24.1 Å². The van der Waals surface area contributed by atoms with Crippen molar-refractivity contribution < 1.29 is 4.42 Å². The summed E-state index contributed by atoms with van der Waals surface area (Å²) in [5.74, 6) is 1.94. The number of nitrogens with zero attached hydrogens (tertiary/aromatic N) is 5. The van der Waals surface area contributed by atoms with Gasteiger partial charge in [-0.25, -0.2) is 4.98 Å². The van der Waals surface area contributed by atoms with E-state index in [0.29, 0.717) is 11.8 Å². The Morgan fingerprint density at radius 2 is 1.06 bits per heavy atom. The molecule has 69 heavy (non-hydrogen) atoms. The zero-order chi connectivity index (χ0) is 45.4. The van der Waals surface area contributed by atoms with Crippen molar-refractivity contribution in [3.8, 4) is 45.3 Å². The summed E-state index contributed by atoms with van der Waals surface area (Å²) < 4.78 is 11.2. The molecule has 1 aliphatic rings. The number of fused-ring (bicyclic) bond motifs is 9. The number of allylic oxidation sites excluding steroid dienone is 4. The van der Waals surface area contributed by atoms with E-state index in [1.54, 1.807) is 0 Å². The highest BCUT2D eigenvalue weighted by atomic mass is 16.3. The molecule has 0 N–H and O–H groups in total. The molecule has 4 heterocycles. The summed E-state index contributed by atoms with van der Waals surface area (Å²) in [6.07, 6.45) is 7.54. The van der Waals surface area contributed by atoms with E-state index in [2.05, 4.69) is 221 Å². The molecule has 4 aromatic heterocycles. The Hall–Kier alpha value is -9.13. The molecule has 1 aliphatic carbocycles. The molecule has 6 nitrogen and oxygen atoms in total. The lowest BCUT2D eigenvalue weighted by Gasteiger charge is -2.17. The van der Waals surface area contributed by atoms with Crippen LogP contribution in [0.15, 0.2) is 235 Å². The number of rotatable bonds is 7. The Labute approximate surface area is 397 Å². The van der Waals surface area contributed by atoms with E-state index in [0.717, 1.165) is 95.0 Å². The quantitative estimate of drug-likeness (QED) is 0.160. The second-order valence-corrected chi connectivity index (χ2v) is 17.9. The molecule has 0 spiro atoms. The Bertz CT molecular complexity index is 4210. The average Bonchev–Trinajstić information content (AvgIpc) is 4.09. The van der Waals surface area contributed by atoms with E-state index in [1.165, 1.54) is 27.5 Å². The predicted molar refractivity (Wildman–Crippen MR) is 283 cm³/mol. The topological polar surface area (TPSA) is 61.7 Å². The molecule has 324 valence electrons. The molecule has 9 aromatic carbocycles. The first-order chi connectivity index (χ1) is 34.2. The maximum atomic E-state index is 6.60. The van der Waals surface area contributed by atoms with Crippen molar-refractivity contribution in [2.24, 2.45) is 0 Å². The fourth-order valence-corrected chi connectivity index (χ4v) is 10.7. The number of aromatic nitrogens is 5. The molecule has 0 fully saturated rings. The maximum Gasteiger partial charge on any atom is 0.238 e. The van der Waals surface area contributed by atoms with E-state index in [-0.39, 0.29) is 5.92 Å². The summed E-state index contributed by atoms with van der Waals surface area (Å²) in [6, 6.07) is 75.2. The highest BCUT2D eigenvalue weighted by Gasteiger charge is 2.24. The van der Waals surface area contributed by atoms with Gasteiger partial charge in [-0.05, 0) is 82.3 Å². The van der Waals surface area contributed by atoms with Gasteiger partial charge in [-0.1, -0.05) is 188 Å². The van der Waals surface area contributed by atoms with Crippen LogP contribution in [0.1, 0.15) is 23.7 Å². The van der Waals surface area contributed by atoms with Crippen molar-refractivity contribution in [2.75, 3.05) is 0 Å². The number of hydrogen-bond donors (Lipinski definition) is 0. The summed E-state index contributed by atoms with van der Waals surface area (Å²) in [5, 5.41) is 6.86. The molecular formula is C63H41N5O. The van der Waals surface area contributed by atoms with Crippen molar-refractivity contribution in [3.63, 3.8) is 0 Å². The zero-order valence-corrected chi connectivity index (χ0v) is 37.4. The number of para-hydroxylation sites is 4. The van der Waals surface area contributed by atoms with Gasteiger partial charge in [-0.15, -0.1) is 0 Å². The molecule has 1 unspecified atom stereocenters. The zero-order valence-electron chi connectivity index (χ0n) is 37.4.